The van der Waals surface area contributed by atoms with Crippen LogP contribution in [0.1, 0.15) is 10.6 Å². The highest BCUT2D eigenvalue weighted by Crippen LogP contribution is 2.29. The zero-order valence-corrected chi connectivity index (χ0v) is 14.9. The van der Waals surface area contributed by atoms with Crippen molar-refractivity contribution in [2.45, 2.75) is 6.42 Å². The first-order chi connectivity index (χ1) is 12.8. The van der Waals surface area contributed by atoms with Gasteiger partial charge in [0.2, 0.25) is 4.96 Å². The summed E-state index contributed by atoms with van der Waals surface area (Å²) in [4.78, 5) is 4.13. The molecule has 0 aliphatic heterocycles. The van der Waals surface area contributed by atoms with Gasteiger partial charge < -0.3 is 10.3 Å². The number of hydrogen-bond acceptors (Lipinski definition) is 5. The minimum absolute atomic E-state index is 0.756. The SMILES string of the molecule is CNc1ccccc1-c1nnc2sc(Cc3c[nH]c4ccccc34)nn12. The molecule has 0 saturated carbocycles. The fourth-order valence-corrected chi connectivity index (χ4v) is 4.09. The van der Waals surface area contributed by atoms with Crippen LogP contribution in [0.25, 0.3) is 27.3 Å². The third-order valence-electron chi connectivity index (χ3n) is 4.49. The Kier molecular flexibility index (Phi) is 3.46. The number of H-pyrrole nitrogens is 1. The van der Waals surface area contributed by atoms with E-state index in [1.807, 2.05) is 41.9 Å². The van der Waals surface area contributed by atoms with E-state index >= 15 is 0 Å². The van der Waals surface area contributed by atoms with Gasteiger partial charge in [0.15, 0.2) is 5.82 Å². The van der Waals surface area contributed by atoms with Crippen LogP contribution in [0.4, 0.5) is 5.69 Å². The van der Waals surface area contributed by atoms with Crippen LogP contribution in [0.3, 0.4) is 0 Å². The second kappa shape index (κ2) is 5.96. The Morgan fingerprint density at radius 3 is 2.85 bits per heavy atom. The number of rotatable bonds is 4. The molecule has 5 rings (SSSR count). The molecule has 6 nitrogen and oxygen atoms in total. The number of anilines is 1. The second-order valence-corrected chi connectivity index (χ2v) is 7.09. The van der Waals surface area contributed by atoms with Crippen LogP contribution in [0.15, 0.2) is 54.7 Å². The van der Waals surface area contributed by atoms with E-state index in [4.69, 9.17) is 5.10 Å². The zero-order chi connectivity index (χ0) is 17.5. The van der Waals surface area contributed by atoms with Crippen molar-refractivity contribution in [1.29, 1.82) is 0 Å². The molecule has 0 aliphatic carbocycles. The Bertz CT molecular complexity index is 1220. The van der Waals surface area contributed by atoms with Gasteiger partial charge in [-0.25, -0.2) is 0 Å². The number of aromatic amines is 1. The normalized spacial score (nSPS) is 11.4. The van der Waals surface area contributed by atoms with Gasteiger partial charge in [-0.1, -0.05) is 41.7 Å². The predicted octanol–water partition coefficient (Wildman–Crippen LogP) is 3.97. The molecule has 0 bridgehead atoms. The Morgan fingerprint density at radius 2 is 1.92 bits per heavy atom. The van der Waals surface area contributed by atoms with Crippen molar-refractivity contribution in [3.63, 3.8) is 0 Å². The highest BCUT2D eigenvalue weighted by Gasteiger charge is 2.16. The number of fused-ring (bicyclic) bond motifs is 2. The molecule has 0 atom stereocenters. The summed E-state index contributed by atoms with van der Waals surface area (Å²) in [7, 11) is 1.90. The molecule has 0 aliphatic rings. The van der Waals surface area contributed by atoms with Crippen molar-refractivity contribution in [3.05, 3.63) is 65.3 Å². The van der Waals surface area contributed by atoms with Crippen LogP contribution in [-0.2, 0) is 6.42 Å². The molecule has 0 unspecified atom stereocenters. The number of hydrogen-bond donors (Lipinski definition) is 2. The van der Waals surface area contributed by atoms with Crippen LogP contribution in [0, 0.1) is 0 Å². The van der Waals surface area contributed by atoms with Crippen LogP contribution in [0.2, 0.25) is 0 Å². The lowest BCUT2D eigenvalue weighted by Gasteiger charge is -2.05. The molecule has 3 heterocycles. The lowest BCUT2D eigenvalue weighted by molar-refractivity contribution is 0.919. The topological polar surface area (TPSA) is 70.9 Å². The van der Waals surface area contributed by atoms with E-state index in [0.717, 1.165) is 39.0 Å². The van der Waals surface area contributed by atoms with Crippen LogP contribution in [-0.4, -0.2) is 31.8 Å². The van der Waals surface area contributed by atoms with Gasteiger partial charge >= 0.3 is 0 Å². The molecule has 7 heteroatoms. The maximum Gasteiger partial charge on any atom is 0.234 e. The summed E-state index contributed by atoms with van der Waals surface area (Å²) in [5.41, 5.74) is 4.39. The second-order valence-electron chi connectivity index (χ2n) is 6.05. The maximum atomic E-state index is 4.77. The summed E-state index contributed by atoms with van der Waals surface area (Å²) in [6.45, 7) is 0. The van der Waals surface area contributed by atoms with E-state index in [1.165, 1.54) is 10.9 Å². The Morgan fingerprint density at radius 1 is 1.08 bits per heavy atom. The van der Waals surface area contributed by atoms with Gasteiger partial charge in [-0.05, 0) is 23.8 Å². The van der Waals surface area contributed by atoms with Crippen molar-refractivity contribution in [2.75, 3.05) is 12.4 Å². The lowest BCUT2D eigenvalue weighted by Crippen LogP contribution is -1.97. The predicted molar refractivity (Wildman–Crippen MR) is 105 cm³/mol. The number of nitrogens with zero attached hydrogens (tertiary/aromatic N) is 4. The zero-order valence-electron chi connectivity index (χ0n) is 14.1. The molecular formula is C19H16N6S. The fraction of sp³-hybridized carbons (Fsp3) is 0.105. The number of para-hydroxylation sites is 2. The van der Waals surface area contributed by atoms with Crippen LogP contribution < -0.4 is 5.32 Å². The van der Waals surface area contributed by atoms with Crippen LogP contribution >= 0.6 is 11.3 Å². The Labute approximate surface area is 153 Å². The molecule has 0 radical (unpaired) electrons. The average Bonchev–Trinajstić information content (AvgIpc) is 3.37. The first-order valence-electron chi connectivity index (χ1n) is 8.37. The van der Waals surface area contributed by atoms with Crippen molar-refractivity contribution >= 4 is 32.9 Å². The van der Waals surface area contributed by atoms with E-state index in [1.54, 1.807) is 11.3 Å². The first-order valence-corrected chi connectivity index (χ1v) is 9.18. The monoisotopic (exact) mass is 360 g/mol. The van der Waals surface area contributed by atoms with E-state index in [-0.39, 0.29) is 0 Å². The maximum absolute atomic E-state index is 4.77. The molecule has 0 saturated heterocycles. The summed E-state index contributed by atoms with van der Waals surface area (Å²) in [5.74, 6) is 0.756. The smallest absolute Gasteiger partial charge is 0.234 e. The molecular weight excluding hydrogens is 344 g/mol. The van der Waals surface area contributed by atoms with Crippen molar-refractivity contribution < 1.29 is 0 Å². The Balaban J connectivity index is 1.56. The van der Waals surface area contributed by atoms with E-state index in [2.05, 4.69) is 44.9 Å². The van der Waals surface area contributed by atoms with Gasteiger partial charge in [0, 0.05) is 41.8 Å². The van der Waals surface area contributed by atoms with Gasteiger partial charge in [-0.15, -0.1) is 10.2 Å². The molecule has 26 heavy (non-hydrogen) atoms. The molecule has 0 amide bonds. The summed E-state index contributed by atoms with van der Waals surface area (Å²) in [5, 5.41) is 18.9. The molecule has 2 N–H and O–H groups in total. The van der Waals surface area contributed by atoms with Crippen molar-refractivity contribution in [1.82, 2.24) is 24.8 Å². The number of nitrogens with one attached hydrogen (secondary N) is 2. The third kappa shape index (κ3) is 2.36. The van der Waals surface area contributed by atoms with Gasteiger partial charge in [0.1, 0.15) is 5.01 Å². The molecule has 0 spiro atoms. The minimum atomic E-state index is 0.756. The summed E-state index contributed by atoms with van der Waals surface area (Å²) >= 11 is 1.58. The standard InChI is InChI=1S/C19H16N6S/c1-20-15-8-4-3-7-14(15)18-22-23-19-25(18)24-17(26-19)10-12-11-21-16-9-5-2-6-13(12)16/h2-9,11,20-21H,10H2,1H3. The largest absolute Gasteiger partial charge is 0.388 e. The van der Waals surface area contributed by atoms with E-state index in [0.29, 0.717) is 0 Å². The van der Waals surface area contributed by atoms with E-state index in [9.17, 15) is 0 Å². The van der Waals surface area contributed by atoms with Gasteiger partial charge in [-0.3, -0.25) is 0 Å². The Hall–Kier alpha value is -3.19. The lowest BCUT2D eigenvalue weighted by atomic mass is 10.1. The van der Waals surface area contributed by atoms with Crippen molar-refractivity contribution in [3.8, 4) is 11.4 Å². The number of benzene rings is 2. The average molecular weight is 360 g/mol. The van der Waals surface area contributed by atoms with E-state index < -0.39 is 0 Å². The van der Waals surface area contributed by atoms with Crippen LogP contribution in [0.5, 0.6) is 0 Å². The highest BCUT2D eigenvalue weighted by molar-refractivity contribution is 7.16. The van der Waals surface area contributed by atoms with Gasteiger partial charge in [0.25, 0.3) is 0 Å². The molecule has 2 aromatic carbocycles. The highest BCUT2D eigenvalue weighted by atomic mass is 32.1. The quantitative estimate of drug-likeness (QED) is 0.509. The summed E-state index contributed by atoms with van der Waals surface area (Å²) < 4.78 is 1.84. The third-order valence-corrected chi connectivity index (χ3v) is 5.39. The van der Waals surface area contributed by atoms with Crippen molar-refractivity contribution in [2.24, 2.45) is 0 Å². The van der Waals surface area contributed by atoms with Gasteiger partial charge in [-0.2, -0.15) is 9.61 Å². The summed E-state index contributed by atoms with van der Waals surface area (Å²) in [6, 6.07) is 16.4. The van der Waals surface area contributed by atoms with Gasteiger partial charge in [0.05, 0.1) is 0 Å². The first kappa shape index (κ1) is 15.1. The molecule has 128 valence electrons. The summed E-state index contributed by atoms with van der Waals surface area (Å²) in [6.07, 6.45) is 2.83. The minimum Gasteiger partial charge on any atom is -0.388 e. The number of aromatic nitrogens is 5. The molecule has 0 fully saturated rings. The molecule has 3 aromatic heterocycles. The fourth-order valence-electron chi connectivity index (χ4n) is 3.23. The molecule has 5 aromatic rings.